The lowest BCUT2D eigenvalue weighted by molar-refractivity contribution is 0.0974. The van der Waals surface area contributed by atoms with E-state index in [1.165, 1.54) is 14.2 Å². The Hall–Kier alpha value is -4.12. The average Bonchev–Trinajstić information content (AvgIpc) is 3.43. The predicted octanol–water partition coefficient (Wildman–Crippen LogP) is 4.32. The second kappa shape index (κ2) is 8.94. The van der Waals surface area contributed by atoms with Crippen molar-refractivity contribution in [3.63, 3.8) is 0 Å². The number of aryl methyl sites for hydroxylation is 1. The largest absolute Gasteiger partial charge is 0.496 e. The van der Waals surface area contributed by atoms with E-state index in [1.807, 2.05) is 42.2 Å². The van der Waals surface area contributed by atoms with E-state index in [2.05, 4.69) is 16.2 Å². The summed E-state index contributed by atoms with van der Waals surface area (Å²) in [5, 5.41) is 13.0. The van der Waals surface area contributed by atoms with Crippen LogP contribution in [-0.4, -0.2) is 39.3 Å². The van der Waals surface area contributed by atoms with Crippen molar-refractivity contribution in [2.45, 2.75) is 19.3 Å². The minimum absolute atomic E-state index is 0.114. The van der Waals surface area contributed by atoms with Crippen LogP contribution in [-0.2, 0) is 7.05 Å². The SMILES string of the molecule is COc1cc(-n2cnc3cc(-c4cnn(C)c4)ccc32)cc(OC)c1C(=O)CCCC#N. The maximum atomic E-state index is 12.8. The summed E-state index contributed by atoms with van der Waals surface area (Å²) >= 11 is 0. The van der Waals surface area contributed by atoms with E-state index in [1.54, 1.807) is 23.1 Å². The molecule has 0 saturated heterocycles. The highest BCUT2D eigenvalue weighted by Gasteiger charge is 2.21. The molecule has 0 N–H and O–H groups in total. The molecule has 0 atom stereocenters. The maximum Gasteiger partial charge on any atom is 0.170 e. The molecular weight excluding hydrogens is 406 g/mol. The summed E-state index contributed by atoms with van der Waals surface area (Å²) in [5.74, 6) is 0.738. The first-order valence-corrected chi connectivity index (χ1v) is 10.2. The molecule has 0 fully saturated rings. The van der Waals surface area contributed by atoms with Crippen LogP contribution in [0.5, 0.6) is 11.5 Å². The first-order valence-electron chi connectivity index (χ1n) is 10.2. The summed E-state index contributed by atoms with van der Waals surface area (Å²) in [6.45, 7) is 0. The van der Waals surface area contributed by atoms with Gasteiger partial charge >= 0.3 is 0 Å². The molecule has 0 radical (unpaired) electrons. The van der Waals surface area contributed by atoms with Crippen LogP contribution in [0.15, 0.2) is 49.1 Å². The molecule has 4 aromatic rings. The molecule has 8 nitrogen and oxygen atoms in total. The number of hydrogen-bond acceptors (Lipinski definition) is 6. The van der Waals surface area contributed by atoms with Crippen molar-refractivity contribution in [3.8, 4) is 34.4 Å². The van der Waals surface area contributed by atoms with Crippen LogP contribution in [0.3, 0.4) is 0 Å². The number of aromatic nitrogens is 4. The third-order valence-corrected chi connectivity index (χ3v) is 5.33. The molecule has 162 valence electrons. The van der Waals surface area contributed by atoms with Crippen molar-refractivity contribution in [2.24, 2.45) is 7.05 Å². The van der Waals surface area contributed by atoms with Gasteiger partial charge in [-0.3, -0.25) is 14.0 Å². The Balaban J connectivity index is 1.74. The van der Waals surface area contributed by atoms with Gasteiger partial charge in [0, 0.05) is 43.8 Å². The summed E-state index contributed by atoms with van der Waals surface area (Å²) in [7, 11) is 4.93. The highest BCUT2D eigenvalue weighted by atomic mass is 16.5. The number of carbonyl (C=O) groups is 1. The number of imidazole rings is 1. The highest BCUT2D eigenvalue weighted by molar-refractivity contribution is 6.02. The number of hydrogen-bond donors (Lipinski definition) is 0. The molecule has 32 heavy (non-hydrogen) atoms. The second-order valence-corrected chi connectivity index (χ2v) is 7.38. The molecule has 0 amide bonds. The number of carbonyl (C=O) groups excluding carboxylic acids is 1. The lowest BCUT2D eigenvalue weighted by Gasteiger charge is -2.15. The lowest BCUT2D eigenvalue weighted by Crippen LogP contribution is -2.07. The van der Waals surface area contributed by atoms with Crippen LogP contribution in [0.25, 0.3) is 27.8 Å². The quantitative estimate of drug-likeness (QED) is 0.306. The molecule has 0 aliphatic rings. The molecule has 8 heteroatoms. The highest BCUT2D eigenvalue weighted by Crippen LogP contribution is 2.35. The van der Waals surface area contributed by atoms with Crippen molar-refractivity contribution in [1.82, 2.24) is 19.3 Å². The van der Waals surface area contributed by atoms with E-state index in [-0.39, 0.29) is 12.2 Å². The van der Waals surface area contributed by atoms with Crippen LogP contribution in [0.1, 0.15) is 29.6 Å². The van der Waals surface area contributed by atoms with Gasteiger partial charge in [0.15, 0.2) is 5.78 Å². The van der Waals surface area contributed by atoms with E-state index < -0.39 is 0 Å². The fourth-order valence-electron chi connectivity index (χ4n) is 3.73. The third kappa shape index (κ3) is 3.93. The number of ketones is 1. The van der Waals surface area contributed by atoms with Gasteiger partial charge in [-0.1, -0.05) is 6.07 Å². The van der Waals surface area contributed by atoms with Crippen molar-refractivity contribution >= 4 is 16.8 Å². The Kier molecular flexibility index (Phi) is 5.90. The molecule has 4 rings (SSSR count). The molecule has 2 heterocycles. The third-order valence-electron chi connectivity index (χ3n) is 5.33. The molecule has 0 unspecified atom stereocenters. The smallest absolute Gasteiger partial charge is 0.170 e. The number of ether oxygens (including phenoxy) is 2. The van der Waals surface area contributed by atoms with Crippen LogP contribution in [0.2, 0.25) is 0 Å². The molecule has 0 aliphatic carbocycles. The summed E-state index contributed by atoms with van der Waals surface area (Å²) in [5.41, 5.74) is 4.95. The summed E-state index contributed by atoms with van der Waals surface area (Å²) in [6, 6.07) is 11.7. The number of benzene rings is 2. The fourth-order valence-corrected chi connectivity index (χ4v) is 3.73. The van der Waals surface area contributed by atoms with Gasteiger partial charge in [0.25, 0.3) is 0 Å². The number of unbranched alkanes of at least 4 members (excludes halogenated alkanes) is 1. The van der Waals surface area contributed by atoms with E-state index in [0.29, 0.717) is 29.9 Å². The van der Waals surface area contributed by atoms with Crippen LogP contribution in [0, 0.1) is 11.3 Å². The zero-order valence-electron chi connectivity index (χ0n) is 18.2. The average molecular weight is 429 g/mol. The van der Waals surface area contributed by atoms with E-state index in [0.717, 1.165) is 27.8 Å². The Bertz CT molecular complexity index is 1300. The topological polar surface area (TPSA) is 95.0 Å². The van der Waals surface area contributed by atoms with Gasteiger partial charge in [-0.25, -0.2) is 4.98 Å². The number of nitriles is 1. The van der Waals surface area contributed by atoms with E-state index >= 15 is 0 Å². The molecule has 0 spiro atoms. The minimum atomic E-state index is -0.114. The first kappa shape index (κ1) is 21.1. The minimum Gasteiger partial charge on any atom is -0.496 e. The Morgan fingerprint density at radius 1 is 1.12 bits per heavy atom. The lowest BCUT2D eigenvalue weighted by atomic mass is 10.0. The van der Waals surface area contributed by atoms with Crippen LogP contribution >= 0.6 is 0 Å². The van der Waals surface area contributed by atoms with Crippen molar-refractivity contribution < 1.29 is 14.3 Å². The van der Waals surface area contributed by atoms with E-state index in [4.69, 9.17) is 14.7 Å². The number of rotatable bonds is 8. The Labute approximate surface area is 185 Å². The maximum absolute atomic E-state index is 12.8. The molecule has 2 aromatic carbocycles. The van der Waals surface area contributed by atoms with Gasteiger partial charge in [-0.2, -0.15) is 10.4 Å². The molecule has 0 saturated carbocycles. The zero-order valence-corrected chi connectivity index (χ0v) is 18.2. The van der Waals surface area contributed by atoms with Crippen molar-refractivity contribution in [2.75, 3.05) is 14.2 Å². The van der Waals surface area contributed by atoms with Crippen LogP contribution in [0.4, 0.5) is 0 Å². The van der Waals surface area contributed by atoms with Gasteiger partial charge in [0.05, 0.1) is 43.2 Å². The first-order chi connectivity index (χ1) is 15.5. The Morgan fingerprint density at radius 2 is 1.88 bits per heavy atom. The summed E-state index contributed by atoms with van der Waals surface area (Å²) in [4.78, 5) is 17.3. The number of nitrogens with zero attached hydrogens (tertiary/aromatic N) is 5. The van der Waals surface area contributed by atoms with Crippen LogP contribution < -0.4 is 9.47 Å². The van der Waals surface area contributed by atoms with Crippen molar-refractivity contribution in [1.29, 1.82) is 5.26 Å². The fraction of sp³-hybridized carbons (Fsp3) is 0.250. The van der Waals surface area contributed by atoms with Gasteiger partial charge in [-0.05, 0) is 24.1 Å². The number of Topliss-reactive ketones (excluding diaryl/α,β-unsaturated/α-hetero) is 1. The normalized spacial score (nSPS) is 10.8. The predicted molar refractivity (Wildman–Crippen MR) is 120 cm³/mol. The standard InChI is InChI=1S/C24H23N5O3/c1-28-14-17(13-27-28)16-7-8-20-19(10-16)26-15-29(20)18-11-22(31-2)24(23(12-18)32-3)21(30)6-4-5-9-25/h7-8,10-15H,4-6H2,1-3H3. The molecular formula is C24H23N5O3. The number of fused-ring (bicyclic) bond motifs is 1. The summed E-state index contributed by atoms with van der Waals surface area (Å²) < 4.78 is 14.8. The van der Waals surface area contributed by atoms with Gasteiger partial charge < -0.3 is 9.47 Å². The Morgan fingerprint density at radius 3 is 2.50 bits per heavy atom. The van der Waals surface area contributed by atoms with Gasteiger partial charge in [0.2, 0.25) is 0 Å². The summed E-state index contributed by atoms with van der Waals surface area (Å²) in [6.07, 6.45) is 6.59. The van der Waals surface area contributed by atoms with E-state index in [9.17, 15) is 4.79 Å². The van der Waals surface area contributed by atoms with Gasteiger partial charge in [-0.15, -0.1) is 0 Å². The van der Waals surface area contributed by atoms with Crippen molar-refractivity contribution in [3.05, 3.63) is 54.6 Å². The molecule has 0 aliphatic heterocycles. The molecule has 0 bridgehead atoms. The number of methoxy groups -OCH3 is 2. The second-order valence-electron chi connectivity index (χ2n) is 7.38. The molecule has 2 aromatic heterocycles. The van der Waals surface area contributed by atoms with Gasteiger partial charge in [0.1, 0.15) is 23.4 Å². The monoisotopic (exact) mass is 429 g/mol. The zero-order chi connectivity index (χ0) is 22.7.